The number of nitro groups is 1. The van der Waals surface area contributed by atoms with Crippen molar-refractivity contribution in [1.82, 2.24) is 4.98 Å². The predicted octanol–water partition coefficient (Wildman–Crippen LogP) is 5.03. The highest BCUT2D eigenvalue weighted by molar-refractivity contribution is 9.11. The number of rotatable bonds is 4. The van der Waals surface area contributed by atoms with Gasteiger partial charge in [0, 0.05) is 27.3 Å². The van der Waals surface area contributed by atoms with Crippen LogP contribution in [0.1, 0.15) is 0 Å². The third-order valence-electron chi connectivity index (χ3n) is 2.53. The zero-order valence-electron chi connectivity index (χ0n) is 10.6. The van der Waals surface area contributed by atoms with Crippen molar-refractivity contribution >= 4 is 65.0 Å². The molecule has 2 rings (SSSR count). The fraction of sp³-hybridized carbons (Fsp3) is 0.0833. The van der Waals surface area contributed by atoms with E-state index in [9.17, 15) is 10.1 Å². The second-order valence-corrected chi connectivity index (χ2v) is 6.49. The summed E-state index contributed by atoms with van der Waals surface area (Å²) in [5.74, 6) is 0.744. The zero-order chi connectivity index (χ0) is 15.6. The lowest BCUT2D eigenvalue weighted by Crippen LogP contribution is -2.00. The molecule has 0 saturated carbocycles. The average molecular weight is 482 g/mol. The van der Waals surface area contributed by atoms with Crippen LogP contribution in [0.25, 0.3) is 0 Å². The number of hydrogen-bond donors (Lipinski definition) is 1. The van der Waals surface area contributed by atoms with Crippen molar-refractivity contribution in [3.05, 3.63) is 47.9 Å². The van der Waals surface area contributed by atoms with E-state index in [1.54, 1.807) is 12.1 Å². The van der Waals surface area contributed by atoms with Crippen LogP contribution in [0.4, 0.5) is 17.2 Å². The predicted molar refractivity (Wildman–Crippen MR) is 90.3 cm³/mol. The highest BCUT2D eigenvalue weighted by atomic mass is 79.9. The Bertz CT molecular complexity index is 710. The fourth-order valence-electron chi connectivity index (χ4n) is 1.57. The average Bonchev–Trinajstić information content (AvgIpc) is 2.43. The number of pyridine rings is 1. The minimum Gasteiger partial charge on any atom is -0.495 e. The van der Waals surface area contributed by atoms with Gasteiger partial charge in [-0.1, -0.05) is 0 Å². The molecule has 1 heterocycles. The molecule has 0 aliphatic heterocycles. The highest BCUT2D eigenvalue weighted by Gasteiger charge is 2.17. The first-order valence-corrected chi connectivity index (χ1v) is 7.90. The second-order valence-electron chi connectivity index (χ2n) is 3.87. The van der Waals surface area contributed by atoms with Gasteiger partial charge in [0.25, 0.3) is 0 Å². The number of ether oxygens (including phenoxy) is 1. The van der Waals surface area contributed by atoms with Crippen LogP contribution in [-0.4, -0.2) is 17.0 Å². The standard InChI is InChI=1S/C12H8Br3N3O3/c1-21-11-4-9(7(14)3-8(11)15)17-12-10(18(19)20)2-6(13)5-16-12/h2-5H,1H3,(H,16,17). The van der Waals surface area contributed by atoms with Crippen molar-refractivity contribution in [2.45, 2.75) is 0 Å². The van der Waals surface area contributed by atoms with Crippen molar-refractivity contribution in [2.24, 2.45) is 0 Å². The number of benzene rings is 1. The SMILES string of the molecule is COc1cc(Nc2ncc(Br)cc2[N+](=O)[O-])c(Br)cc1Br. The van der Waals surface area contributed by atoms with Gasteiger partial charge in [-0.3, -0.25) is 10.1 Å². The van der Waals surface area contributed by atoms with Crippen LogP contribution < -0.4 is 10.1 Å². The van der Waals surface area contributed by atoms with Gasteiger partial charge in [-0.2, -0.15) is 0 Å². The summed E-state index contributed by atoms with van der Waals surface area (Å²) in [7, 11) is 1.54. The van der Waals surface area contributed by atoms with E-state index >= 15 is 0 Å². The molecule has 1 N–H and O–H groups in total. The van der Waals surface area contributed by atoms with Gasteiger partial charge in [0.1, 0.15) is 5.75 Å². The van der Waals surface area contributed by atoms with Crippen LogP contribution in [0.2, 0.25) is 0 Å². The molecule has 0 radical (unpaired) electrons. The maximum atomic E-state index is 11.1. The summed E-state index contributed by atoms with van der Waals surface area (Å²) in [6.07, 6.45) is 1.49. The number of methoxy groups -OCH3 is 1. The Hall–Kier alpha value is -1.19. The van der Waals surface area contributed by atoms with Gasteiger partial charge >= 0.3 is 5.69 Å². The minimum atomic E-state index is -0.496. The lowest BCUT2D eigenvalue weighted by molar-refractivity contribution is -0.384. The van der Waals surface area contributed by atoms with Crippen molar-refractivity contribution in [2.75, 3.05) is 12.4 Å². The van der Waals surface area contributed by atoms with Crippen LogP contribution in [0.3, 0.4) is 0 Å². The van der Waals surface area contributed by atoms with Crippen LogP contribution in [0, 0.1) is 10.1 Å². The van der Waals surface area contributed by atoms with Crippen LogP contribution >= 0.6 is 47.8 Å². The maximum absolute atomic E-state index is 11.1. The maximum Gasteiger partial charge on any atom is 0.312 e. The van der Waals surface area contributed by atoms with E-state index in [1.165, 1.54) is 19.4 Å². The van der Waals surface area contributed by atoms with Gasteiger partial charge in [0.05, 0.1) is 22.2 Å². The van der Waals surface area contributed by atoms with E-state index in [1.807, 2.05) is 0 Å². The minimum absolute atomic E-state index is 0.127. The number of anilines is 2. The second kappa shape index (κ2) is 6.71. The molecule has 0 aliphatic carbocycles. The van der Waals surface area contributed by atoms with Crippen molar-refractivity contribution in [3.8, 4) is 5.75 Å². The first-order valence-electron chi connectivity index (χ1n) is 5.52. The van der Waals surface area contributed by atoms with Gasteiger partial charge in [0.2, 0.25) is 5.82 Å². The molecule has 0 unspecified atom stereocenters. The van der Waals surface area contributed by atoms with Crippen molar-refractivity contribution in [1.29, 1.82) is 0 Å². The Balaban J connectivity index is 2.45. The molecule has 0 aliphatic rings. The summed E-state index contributed by atoms with van der Waals surface area (Å²) in [4.78, 5) is 14.6. The monoisotopic (exact) mass is 479 g/mol. The van der Waals surface area contributed by atoms with Crippen molar-refractivity contribution in [3.63, 3.8) is 0 Å². The molecule has 2 aromatic rings. The van der Waals surface area contributed by atoms with Crippen LogP contribution in [0.15, 0.2) is 37.8 Å². The summed E-state index contributed by atoms with van der Waals surface area (Å²) >= 11 is 9.92. The number of nitrogens with zero attached hydrogens (tertiary/aromatic N) is 2. The molecule has 0 amide bonds. The van der Waals surface area contributed by atoms with Crippen LogP contribution in [0.5, 0.6) is 5.75 Å². The smallest absolute Gasteiger partial charge is 0.312 e. The number of halogens is 3. The van der Waals surface area contributed by atoms with E-state index in [4.69, 9.17) is 4.74 Å². The van der Waals surface area contributed by atoms with Gasteiger partial charge in [0.15, 0.2) is 0 Å². The Morgan fingerprint density at radius 3 is 2.57 bits per heavy atom. The Morgan fingerprint density at radius 2 is 1.95 bits per heavy atom. The summed E-state index contributed by atoms with van der Waals surface area (Å²) in [5.41, 5.74) is 0.478. The third-order valence-corrected chi connectivity index (χ3v) is 4.23. The summed E-state index contributed by atoms with van der Waals surface area (Å²) < 4.78 is 7.22. The third kappa shape index (κ3) is 3.72. The number of hydrogen-bond acceptors (Lipinski definition) is 5. The molecular weight excluding hydrogens is 474 g/mol. The molecule has 0 bridgehead atoms. The molecular formula is C12H8Br3N3O3. The molecule has 0 saturated heterocycles. The Morgan fingerprint density at radius 1 is 1.24 bits per heavy atom. The van der Waals surface area contributed by atoms with Gasteiger partial charge in [-0.15, -0.1) is 0 Å². The fourth-order valence-corrected chi connectivity index (χ4v) is 3.15. The van der Waals surface area contributed by atoms with E-state index in [0.29, 0.717) is 20.4 Å². The summed E-state index contributed by atoms with van der Waals surface area (Å²) in [5, 5.41) is 14.0. The molecule has 0 spiro atoms. The topological polar surface area (TPSA) is 77.3 Å². The molecule has 1 aromatic heterocycles. The van der Waals surface area contributed by atoms with Gasteiger partial charge in [-0.05, 0) is 53.9 Å². The summed E-state index contributed by atoms with van der Waals surface area (Å²) in [6.45, 7) is 0. The molecule has 21 heavy (non-hydrogen) atoms. The number of aromatic nitrogens is 1. The van der Waals surface area contributed by atoms with Crippen molar-refractivity contribution < 1.29 is 9.66 Å². The van der Waals surface area contributed by atoms with E-state index < -0.39 is 4.92 Å². The quantitative estimate of drug-likeness (QED) is 0.489. The zero-order valence-corrected chi connectivity index (χ0v) is 15.3. The molecule has 6 nitrogen and oxygen atoms in total. The molecule has 110 valence electrons. The lowest BCUT2D eigenvalue weighted by Gasteiger charge is -2.11. The lowest BCUT2D eigenvalue weighted by atomic mass is 10.3. The van der Waals surface area contributed by atoms with E-state index in [2.05, 4.69) is 58.1 Å². The van der Waals surface area contributed by atoms with Gasteiger partial charge < -0.3 is 10.1 Å². The van der Waals surface area contributed by atoms with Gasteiger partial charge in [-0.25, -0.2) is 4.98 Å². The molecule has 9 heteroatoms. The normalized spacial score (nSPS) is 10.3. The first kappa shape index (κ1) is 16.2. The largest absolute Gasteiger partial charge is 0.495 e. The first-order chi connectivity index (χ1) is 9.92. The summed E-state index contributed by atoms with van der Waals surface area (Å²) in [6, 6.07) is 4.88. The highest BCUT2D eigenvalue weighted by Crippen LogP contribution is 2.37. The van der Waals surface area contributed by atoms with Crippen LogP contribution in [-0.2, 0) is 0 Å². The van der Waals surface area contributed by atoms with E-state index in [-0.39, 0.29) is 11.5 Å². The molecule has 1 aromatic carbocycles. The molecule has 0 fully saturated rings. The molecule has 0 atom stereocenters. The Kier molecular flexibility index (Phi) is 5.17. The number of nitrogens with one attached hydrogen (secondary N) is 1. The van der Waals surface area contributed by atoms with E-state index in [0.717, 1.165) is 4.47 Å². The Labute approximate surface area is 145 Å².